The van der Waals surface area contributed by atoms with Crippen LogP contribution < -0.4 is 5.32 Å². The van der Waals surface area contributed by atoms with Crippen molar-refractivity contribution in [2.75, 3.05) is 6.54 Å². The van der Waals surface area contributed by atoms with E-state index in [4.69, 9.17) is 4.63 Å². The molecule has 102 valence electrons. The Morgan fingerprint density at radius 2 is 2.21 bits per heavy atom. The van der Waals surface area contributed by atoms with Gasteiger partial charge in [-0.2, -0.15) is 0 Å². The van der Waals surface area contributed by atoms with Crippen LogP contribution in [0.25, 0.3) is 0 Å². The van der Waals surface area contributed by atoms with Gasteiger partial charge < -0.3 is 5.32 Å². The first-order chi connectivity index (χ1) is 9.20. The Morgan fingerprint density at radius 1 is 1.37 bits per heavy atom. The van der Waals surface area contributed by atoms with Gasteiger partial charge in [0.15, 0.2) is 0 Å². The van der Waals surface area contributed by atoms with Crippen molar-refractivity contribution in [2.24, 2.45) is 0 Å². The maximum absolute atomic E-state index is 4.70. The number of nitrogens with zero attached hydrogens (tertiary/aromatic N) is 2. The minimum absolute atomic E-state index is 0.376. The molecule has 1 aromatic carbocycles. The maximum Gasteiger partial charge on any atom is 0.118 e. The van der Waals surface area contributed by atoms with E-state index in [0.717, 1.165) is 23.7 Å². The summed E-state index contributed by atoms with van der Waals surface area (Å²) >= 11 is 1.75. The standard InChI is InChI=1S/C14H19N3OS/c1-4-15-10(2)12-6-5-7-13(8-12)19-9-14-11(3)16-18-17-14/h5-8,10,15H,4,9H2,1-3H3. The number of hydrogen-bond donors (Lipinski definition) is 1. The van der Waals surface area contributed by atoms with E-state index in [1.54, 1.807) is 11.8 Å². The molecule has 0 saturated carbocycles. The number of nitrogens with one attached hydrogen (secondary N) is 1. The molecule has 0 aliphatic heterocycles. The molecule has 0 amide bonds. The topological polar surface area (TPSA) is 51.0 Å². The van der Waals surface area contributed by atoms with Gasteiger partial charge >= 0.3 is 0 Å². The Morgan fingerprint density at radius 3 is 2.89 bits per heavy atom. The van der Waals surface area contributed by atoms with Crippen LogP contribution in [0, 0.1) is 6.92 Å². The Balaban J connectivity index is 2.01. The number of rotatable bonds is 6. The number of aryl methyl sites for hydroxylation is 1. The van der Waals surface area contributed by atoms with E-state index in [2.05, 4.69) is 53.7 Å². The van der Waals surface area contributed by atoms with E-state index >= 15 is 0 Å². The first-order valence-corrected chi connectivity index (χ1v) is 7.43. The molecule has 0 radical (unpaired) electrons. The van der Waals surface area contributed by atoms with E-state index in [0.29, 0.717) is 6.04 Å². The van der Waals surface area contributed by atoms with Crippen molar-refractivity contribution in [3.8, 4) is 0 Å². The van der Waals surface area contributed by atoms with Crippen LogP contribution in [0.1, 0.15) is 36.8 Å². The molecule has 1 atom stereocenters. The number of hydrogen-bond acceptors (Lipinski definition) is 5. The lowest BCUT2D eigenvalue weighted by Gasteiger charge is -2.13. The molecule has 0 aliphatic carbocycles. The Labute approximate surface area is 117 Å². The summed E-state index contributed by atoms with van der Waals surface area (Å²) in [5.74, 6) is 0.786. The van der Waals surface area contributed by atoms with Crippen LogP contribution in [-0.4, -0.2) is 16.9 Å². The second kappa shape index (κ2) is 6.73. The molecule has 0 saturated heterocycles. The highest BCUT2D eigenvalue weighted by Gasteiger charge is 2.07. The van der Waals surface area contributed by atoms with Gasteiger partial charge in [-0.25, -0.2) is 4.63 Å². The summed E-state index contributed by atoms with van der Waals surface area (Å²) in [7, 11) is 0. The lowest BCUT2D eigenvalue weighted by Crippen LogP contribution is -2.17. The molecule has 2 rings (SSSR count). The lowest BCUT2D eigenvalue weighted by atomic mass is 10.1. The smallest absolute Gasteiger partial charge is 0.118 e. The normalized spacial score (nSPS) is 12.6. The van der Waals surface area contributed by atoms with E-state index in [1.165, 1.54) is 10.5 Å². The van der Waals surface area contributed by atoms with E-state index < -0.39 is 0 Å². The summed E-state index contributed by atoms with van der Waals surface area (Å²) < 4.78 is 4.70. The monoisotopic (exact) mass is 277 g/mol. The van der Waals surface area contributed by atoms with Crippen LogP contribution in [0.5, 0.6) is 0 Å². The first-order valence-electron chi connectivity index (χ1n) is 6.45. The number of thioether (sulfide) groups is 1. The van der Waals surface area contributed by atoms with Crippen molar-refractivity contribution in [3.05, 3.63) is 41.2 Å². The molecule has 0 bridgehead atoms. The van der Waals surface area contributed by atoms with Gasteiger partial charge in [0, 0.05) is 16.7 Å². The van der Waals surface area contributed by atoms with Crippen LogP contribution in [0.15, 0.2) is 33.8 Å². The zero-order chi connectivity index (χ0) is 13.7. The predicted octanol–water partition coefficient (Wildman–Crippen LogP) is 3.34. The molecule has 1 unspecified atom stereocenters. The number of benzene rings is 1. The highest BCUT2D eigenvalue weighted by molar-refractivity contribution is 7.98. The molecule has 0 spiro atoms. The highest BCUT2D eigenvalue weighted by Crippen LogP contribution is 2.25. The Hall–Kier alpha value is -1.33. The van der Waals surface area contributed by atoms with Crippen molar-refractivity contribution in [2.45, 2.75) is 37.5 Å². The van der Waals surface area contributed by atoms with Gasteiger partial charge in [0.1, 0.15) is 11.4 Å². The molecule has 5 heteroatoms. The zero-order valence-corrected chi connectivity index (χ0v) is 12.3. The van der Waals surface area contributed by atoms with Crippen molar-refractivity contribution in [3.63, 3.8) is 0 Å². The highest BCUT2D eigenvalue weighted by atomic mass is 32.2. The minimum Gasteiger partial charge on any atom is -0.310 e. The van der Waals surface area contributed by atoms with Gasteiger partial charge in [-0.05, 0) is 38.1 Å². The second-order valence-corrected chi connectivity index (χ2v) is 5.49. The molecule has 2 aromatic rings. The first kappa shape index (κ1) is 14.1. The van der Waals surface area contributed by atoms with Crippen LogP contribution in [0.2, 0.25) is 0 Å². The van der Waals surface area contributed by atoms with Crippen LogP contribution in [0.4, 0.5) is 0 Å². The Bertz CT molecular complexity index is 527. The quantitative estimate of drug-likeness (QED) is 0.821. The van der Waals surface area contributed by atoms with Gasteiger partial charge in [-0.1, -0.05) is 29.4 Å². The molecule has 1 aromatic heterocycles. The summed E-state index contributed by atoms with van der Waals surface area (Å²) in [4.78, 5) is 1.24. The lowest BCUT2D eigenvalue weighted by molar-refractivity contribution is 0.302. The fourth-order valence-corrected chi connectivity index (χ4v) is 2.79. The summed E-state index contributed by atoms with van der Waals surface area (Å²) in [5, 5.41) is 11.1. The van der Waals surface area contributed by atoms with Gasteiger partial charge in [-0.3, -0.25) is 0 Å². The van der Waals surface area contributed by atoms with Crippen molar-refractivity contribution in [1.82, 2.24) is 15.6 Å². The van der Waals surface area contributed by atoms with Crippen LogP contribution in [-0.2, 0) is 5.75 Å². The van der Waals surface area contributed by atoms with E-state index in [-0.39, 0.29) is 0 Å². The summed E-state index contributed by atoms with van der Waals surface area (Å²) in [5.41, 5.74) is 3.08. The molecule has 0 fully saturated rings. The summed E-state index contributed by atoms with van der Waals surface area (Å²) in [6.07, 6.45) is 0. The van der Waals surface area contributed by atoms with Crippen molar-refractivity contribution < 1.29 is 4.63 Å². The fraction of sp³-hybridized carbons (Fsp3) is 0.429. The average molecular weight is 277 g/mol. The number of aromatic nitrogens is 2. The maximum atomic E-state index is 4.70. The van der Waals surface area contributed by atoms with Gasteiger partial charge in [0.2, 0.25) is 0 Å². The SMILES string of the molecule is CCNC(C)c1cccc(SCc2nonc2C)c1. The summed E-state index contributed by atoms with van der Waals surface area (Å²) in [6, 6.07) is 8.97. The van der Waals surface area contributed by atoms with Crippen molar-refractivity contribution in [1.29, 1.82) is 0 Å². The molecule has 1 heterocycles. The predicted molar refractivity (Wildman–Crippen MR) is 77.1 cm³/mol. The molecular formula is C14H19N3OS. The van der Waals surface area contributed by atoms with Gasteiger partial charge in [-0.15, -0.1) is 11.8 Å². The molecule has 0 aliphatic rings. The van der Waals surface area contributed by atoms with Gasteiger partial charge in [0.25, 0.3) is 0 Å². The zero-order valence-electron chi connectivity index (χ0n) is 11.5. The average Bonchev–Trinajstić information content (AvgIpc) is 2.82. The van der Waals surface area contributed by atoms with Crippen LogP contribution >= 0.6 is 11.8 Å². The third kappa shape index (κ3) is 3.81. The van der Waals surface area contributed by atoms with Gasteiger partial charge in [0.05, 0.1) is 0 Å². The molecular weight excluding hydrogens is 258 g/mol. The fourth-order valence-electron chi connectivity index (χ4n) is 1.83. The Kier molecular flexibility index (Phi) is 4.99. The second-order valence-electron chi connectivity index (χ2n) is 4.44. The van der Waals surface area contributed by atoms with E-state index in [1.807, 2.05) is 6.92 Å². The van der Waals surface area contributed by atoms with E-state index in [9.17, 15) is 0 Å². The van der Waals surface area contributed by atoms with Crippen LogP contribution in [0.3, 0.4) is 0 Å². The third-order valence-electron chi connectivity index (χ3n) is 2.99. The molecule has 1 N–H and O–H groups in total. The largest absolute Gasteiger partial charge is 0.310 e. The molecule has 4 nitrogen and oxygen atoms in total. The minimum atomic E-state index is 0.376. The summed E-state index contributed by atoms with van der Waals surface area (Å²) in [6.45, 7) is 7.19. The third-order valence-corrected chi connectivity index (χ3v) is 4.00. The molecule has 19 heavy (non-hydrogen) atoms. The van der Waals surface area contributed by atoms with Crippen molar-refractivity contribution >= 4 is 11.8 Å².